The van der Waals surface area contributed by atoms with Crippen LogP contribution in [0.15, 0.2) is 6.20 Å². The predicted molar refractivity (Wildman–Crippen MR) is 39.0 cm³/mol. The third-order valence-electron chi connectivity index (χ3n) is 1.50. The summed E-state index contributed by atoms with van der Waals surface area (Å²) in [6.45, 7) is 1.87. The van der Waals surface area contributed by atoms with Crippen molar-refractivity contribution in [1.29, 1.82) is 0 Å². The van der Waals surface area contributed by atoms with Crippen LogP contribution in [0.25, 0.3) is 0 Å². The molecule has 11 heavy (non-hydrogen) atoms. The number of aromatic nitrogens is 2. The molecule has 0 atom stereocenters. The normalized spacial score (nSPS) is 9.64. The molecule has 1 heterocycles. The predicted octanol–water partition coefficient (Wildman–Crippen LogP) is 0.434. The molecule has 0 saturated heterocycles. The van der Waals surface area contributed by atoms with Crippen molar-refractivity contribution in [2.24, 2.45) is 0 Å². The van der Waals surface area contributed by atoms with Gasteiger partial charge in [-0.3, -0.25) is 9.89 Å². The van der Waals surface area contributed by atoms with Gasteiger partial charge < -0.3 is 4.74 Å². The number of rotatable bonds is 2. The molecule has 1 aromatic heterocycles. The SMILES string of the molecule is COC(=O)Cc1cn[nH]c1C. The number of nitrogens with zero attached hydrogens (tertiary/aromatic N) is 1. The Morgan fingerprint density at radius 2 is 2.55 bits per heavy atom. The van der Waals surface area contributed by atoms with Crippen LogP contribution >= 0.6 is 0 Å². The number of aromatic amines is 1. The fourth-order valence-corrected chi connectivity index (χ4v) is 0.782. The van der Waals surface area contributed by atoms with Gasteiger partial charge in [0.2, 0.25) is 0 Å². The molecule has 0 amide bonds. The van der Waals surface area contributed by atoms with Crippen LogP contribution in [0.5, 0.6) is 0 Å². The lowest BCUT2D eigenvalue weighted by Crippen LogP contribution is -2.04. The van der Waals surface area contributed by atoms with Crippen LogP contribution < -0.4 is 0 Å². The van der Waals surface area contributed by atoms with Crippen LogP contribution in [0.3, 0.4) is 0 Å². The Kier molecular flexibility index (Phi) is 2.25. The lowest BCUT2D eigenvalue weighted by atomic mass is 10.2. The van der Waals surface area contributed by atoms with Gasteiger partial charge in [0.05, 0.1) is 19.7 Å². The number of aryl methyl sites for hydroxylation is 1. The number of hydrogen-bond donors (Lipinski definition) is 1. The van der Waals surface area contributed by atoms with Gasteiger partial charge in [-0.1, -0.05) is 0 Å². The number of esters is 1. The number of hydrogen-bond acceptors (Lipinski definition) is 3. The fourth-order valence-electron chi connectivity index (χ4n) is 0.782. The molecule has 0 bridgehead atoms. The maximum atomic E-state index is 10.8. The van der Waals surface area contributed by atoms with Gasteiger partial charge in [-0.15, -0.1) is 0 Å². The molecular weight excluding hydrogens is 144 g/mol. The Bertz CT molecular complexity index is 255. The highest BCUT2D eigenvalue weighted by Gasteiger charge is 2.05. The zero-order valence-electron chi connectivity index (χ0n) is 6.55. The minimum atomic E-state index is -0.241. The molecule has 0 fully saturated rings. The van der Waals surface area contributed by atoms with Crippen LogP contribution in [0.2, 0.25) is 0 Å². The van der Waals surface area contributed by atoms with Crippen molar-refractivity contribution in [2.45, 2.75) is 13.3 Å². The van der Waals surface area contributed by atoms with Gasteiger partial charge in [-0.2, -0.15) is 5.10 Å². The molecule has 0 aliphatic heterocycles. The molecule has 0 aliphatic rings. The van der Waals surface area contributed by atoms with Crippen molar-refractivity contribution in [2.75, 3.05) is 7.11 Å². The van der Waals surface area contributed by atoms with Gasteiger partial charge >= 0.3 is 5.97 Å². The number of nitrogens with one attached hydrogen (secondary N) is 1. The highest BCUT2D eigenvalue weighted by molar-refractivity contribution is 5.72. The standard InChI is InChI=1S/C7H10N2O2/c1-5-6(4-8-9-5)3-7(10)11-2/h4H,3H2,1-2H3,(H,8,9). The smallest absolute Gasteiger partial charge is 0.310 e. The van der Waals surface area contributed by atoms with Gasteiger partial charge in [0.15, 0.2) is 0 Å². The monoisotopic (exact) mass is 154 g/mol. The van der Waals surface area contributed by atoms with Gasteiger partial charge in [-0.25, -0.2) is 0 Å². The highest BCUT2D eigenvalue weighted by atomic mass is 16.5. The second kappa shape index (κ2) is 3.18. The van der Waals surface area contributed by atoms with Crippen molar-refractivity contribution in [1.82, 2.24) is 10.2 Å². The van der Waals surface area contributed by atoms with E-state index in [1.165, 1.54) is 7.11 Å². The molecular formula is C7H10N2O2. The summed E-state index contributed by atoms with van der Waals surface area (Å²) < 4.78 is 4.50. The number of carbonyl (C=O) groups excluding carboxylic acids is 1. The fraction of sp³-hybridized carbons (Fsp3) is 0.429. The Balaban J connectivity index is 2.64. The van der Waals surface area contributed by atoms with E-state index in [1.807, 2.05) is 6.92 Å². The number of ether oxygens (including phenoxy) is 1. The maximum Gasteiger partial charge on any atom is 0.310 e. The van der Waals surface area contributed by atoms with E-state index in [0.717, 1.165) is 11.3 Å². The third kappa shape index (κ3) is 1.80. The van der Waals surface area contributed by atoms with Crippen LogP contribution in [-0.4, -0.2) is 23.3 Å². The van der Waals surface area contributed by atoms with Crippen molar-refractivity contribution in [3.05, 3.63) is 17.5 Å². The first-order chi connectivity index (χ1) is 5.24. The first kappa shape index (κ1) is 7.78. The maximum absolute atomic E-state index is 10.8. The largest absolute Gasteiger partial charge is 0.469 e. The lowest BCUT2D eigenvalue weighted by Gasteiger charge is -1.95. The summed E-state index contributed by atoms with van der Waals surface area (Å²) in [7, 11) is 1.37. The molecule has 1 aromatic rings. The van der Waals surface area contributed by atoms with E-state index in [1.54, 1.807) is 6.20 Å². The molecule has 0 aromatic carbocycles. The van der Waals surface area contributed by atoms with E-state index in [4.69, 9.17) is 0 Å². The Labute approximate surface area is 64.6 Å². The molecule has 4 heteroatoms. The second-order valence-electron chi connectivity index (χ2n) is 2.27. The minimum absolute atomic E-state index is 0.241. The zero-order valence-corrected chi connectivity index (χ0v) is 6.55. The summed E-state index contributed by atoms with van der Waals surface area (Å²) in [5.41, 5.74) is 1.80. The molecule has 0 aliphatic carbocycles. The molecule has 60 valence electrons. The van der Waals surface area contributed by atoms with Gasteiger partial charge in [0.1, 0.15) is 0 Å². The molecule has 4 nitrogen and oxygen atoms in total. The zero-order chi connectivity index (χ0) is 8.27. The first-order valence-electron chi connectivity index (χ1n) is 3.29. The molecule has 1 N–H and O–H groups in total. The van der Waals surface area contributed by atoms with Crippen molar-refractivity contribution < 1.29 is 9.53 Å². The van der Waals surface area contributed by atoms with Crippen molar-refractivity contribution in [3.8, 4) is 0 Å². The average Bonchev–Trinajstić information content (AvgIpc) is 2.37. The van der Waals surface area contributed by atoms with E-state index in [9.17, 15) is 4.79 Å². The van der Waals surface area contributed by atoms with Crippen LogP contribution in [0.4, 0.5) is 0 Å². The summed E-state index contributed by atoms with van der Waals surface area (Å²) in [5.74, 6) is -0.241. The summed E-state index contributed by atoms with van der Waals surface area (Å²) in [6, 6.07) is 0. The summed E-state index contributed by atoms with van der Waals surface area (Å²) >= 11 is 0. The molecule has 0 saturated carbocycles. The van der Waals surface area contributed by atoms with Gasteiger partial charge in [0, 0.05) is 11.3 Å². The van der Waals surface area contributed by atoms with Crippen LogP contribution in [0, 0.1) is 6.92 Å². The summed E-state index contributed by atoms with van der Waals surface area (Å²) in [5, 5.41) is 6.52. The second-order valence-corrected chi connectivity index (χ2v) is 2.27. The van der Waals surface area contributed by atoms with Crippen molar-refractivity contribution in [3.63, 3.8) is 0 Å². The average molecular weight is 154 g/mol. The van der Waals surface area contributed by atoms with Crippen LogP contribution in [-0.2, 0) is 16.0 Å². The third-order valence-corrected chi connectivity index (χ3v) is 1.50. The summed E-state index contributed by atoms with van der Waals surface area (Å²) in [6.07, 6.45) is 1.92. The van der Waals surface area contributed by atoms with Gasteiger partial charge in [0.25, 0.3) is 0 Å². The number of H-pyrrole nitrogens is 1. The Morgan fingerprint density at radius 3 is 3.00 bits per heavy atom. The number of carbonyl (C=O) groups is 1. The quantitative estimate of drug-likeness (QED) is 0.628. The van der Waals surface area contributed by atoms with Crippen molar-refractivity contribution >= 4 is 5.97 Å². The molecule has 0 radical (unpaired) electrons. The molecule has 0 unspecified atom stereocenters. The van der Waals surface area contributed by atoms with Crippen LogP contribution in [0.1, 0.15) is 11.3 Å². The Morgan fingerprint density at radius 1 is 1.82 bits per heavy atom. The van der Waals surface area contributed by atoms with E-state index < -0.39 is 0 Å². The molecule has 1 rings (SSSR count). The van der Waals surface area contributed by atoms with E-state index in [2.05, 4.69) is 14.9 Å². The van der Waals surface area contributed by atoms with E-state index in [-0.39, 0.29) is 5.97 Å². The van der Waals surface area contributed by atoms with E-state index in [0.29, 0.717) is 6.42 Å². The summed E-state index contributed by atoms with van der Waals surface area (Å²) in [4.78, 5) is 10.8. The first-order valence-corrected chi connectivity index (χ1v) is 3.29. The topological polar surface area (TPSA) is 55.0 Å². The van der Waals surface area contributed by atoms with Gasteiger partial charge in [-0.05, 0) is 6.92 Å². The minimum Gasteiger partial charge on any atom is -0.469 e. The lowest BCUT2D eigenvalue weighted by molar-refractivity contribution is -0.139. The molecule has 0 spiro atoms. The van der Waals surface area contributed by atoms with E-state index >= 15 is 0 Å². The Hall–Kier alpha value is -1.32. The highest BCUT2D eigenvalue weighted by Crippen LogP contribution is 2.03. The number of methoxy groups -OCH3 is 1.